The lowest BCUT2D eigenvalue weighted by molar-refractivity contribution is -0.120. The summed E-state index contributed by atoms with van der Waals surface area (Å²) in [4.78, 5) is 12.1. The highest BCUT2D eigenvalue weighted by molar-refractivity contribution is 5.84. The molecular weight excluding hydrogens is 376 g/mol. The zero-order valence-electron chi connectivity index (χ0n) is 17.3. The summed E-state index contributed by atoms with van der Waals surface area (Å²) < 4.78 is 11.6. The molecule has 5 heteroatoms. The van der Waals surface area contributed by atoms with Crippen molar-refractivity contribution in [3.05, 3.63) is 95.1 Å². The van der Waals surface area contributed by atoms with Crippen LogP contribution in [-0.2, 0) is 17.8 Å². The summed E-state index contributed by atoms with van der Waals surface area (Å²) in [6, 6.07) is 23.4. The van der Waals surface area contributed by atoms with Crippen LogP contribution in [0.1, 0.15) is 29.2 Å². The SMILES string of the molecule is CCOc1cc(/C=N\NC(=O)Cc2ccc(C)cc2)ccc1OCc1ccccc1. The number of nitrogens with one attached hydrogen (secondary N) is 1. The van der Waals surface area contributed by atoms with Crippen molar-refractivity contribution in [2.24, 2.45) is 5.10 Å². The van der Waals surface area contributed by atoms with E-state index < -0.39 is 0 Å². The highest BCUT2D eigenvalue weighted by atomic mass is 16.5. The first kappa shape index (κ1) is 21.1. The van der Waals surface area contributed by atoms with E-state index in [1.807, 2.05) is 86.6 Å². The summed E-state index contributed by atoms with van der Waals surface area (Å²) in [6.07, 6.45) is 1.88. The highest BCUT2D eigenvalue weighted by Crippen LogP contribution is 2.28. The summed E-state index contributed by atoms with van der Waals surface area (Å²) in [6.45, 7) is 4.93. The molecule has 154 valence electrons. The number of carbonyl (C=O) groups is 1. The van der Waals surface area contributed by atoms with Gasteiger partial charge >= 0.3 is 0 Å². The number of amides is 1. The van der Waals surface area contributed by atoms with Gasteiger partial charge in [0.1, 0.15) is 6.61 Å². The normalized spacial score (nSPS) is 10.7. The van der Waals surface area contributed by atoms with Crippen LogP contribution in [0.25, 0.3) is 0 Å². The van der Waals surface area contributed by atoms with E-state index in [1.54, 1.807) is 6.21 Å². The summed E-state index contributed by atoms with van der Waals surface area (Å²) in [5.74, 6) is 1.15. The number of rotatable bonds is 9. The maximum atomic E-state index is 12.1. The molecule has 0 radical (unpaired) electrons. The van der Waals surface area contributed by atoms with Gasteiger partial charge in [-0.3, -0.25) is 4.79 Å². The molecule has 0 heterocycles. The van der Waals surface area contributed by atoms with Crippen LogP contribution in [0.5, 0.6) is 11.5 Å². The molecule has 0 aliphatic heterocycles. The molecule has 0 spiro atoms. The molecule has 30 heavy (non-hydrogen) atoms. The van der Waals surface area contributed by atoms with E-state index in [0.29, 0.717) is 24.7 Å². The lowest BCUT2D eigenvalue weighted by Crippen LogP contribution is -2.19. The Kier molecular flexibility index (Phi) is 7.61. The summed E-state index contributed by atoms with van der Waals surface area (Å²) >= 11 is 0. The maximum absolute atomic E-state index is 12.1. The van der Waals surface area contributed by atoms with E-state index in [2.05, 4.69) is 10.5 Å². The Labute approximate surface area is 177 Å². The Morgan fingerprint density at radius 1 is 0.933 bits per heavy atom. The molecular formula is C25H26N2O3. The molecule has 0 bridgehead atoms. The monoisotopic (exact) mass is 402 g/mol. The van der Waals surface area contributed by atoms with E-state index in [-0.39, 0.29) is 12.3 Å². The number of hydrogen-bond acceptors (Lipinski definition) is 4. The standard InChI is InChI=1S/C25H26N2O3/c1-3-29-24-15-22(13-14-23(24)30-18-21-7-5-4-6-8-21)17-26-27-25(28)16-20-11-9-19(2)10-12-20/h4-15,17H,3,16,18H2,1-2H3,(H,27,28)/b26-17-. The zero-order chi connectivity index (χ0) is 21.2. The average Bonchev–Trinajstić information content (AvgIpc) is 2.76. The highest BCUT2D eigenvalue weighted by Gasteiger charge is 2.07. The van der Waals surface area contributed by atoms with Crippen molar-refractivity contribution in [1.29, 1.82) is 0 Å². The van der Waals surface area contributed by atoms with Crippen molar-refractivity contribution < 1.29 is 14.3 Å². The largest absolute Gasteiger partial charge is 0.490 e. The van der Waals surface area contributed by atoms with E-state index >= 15 is 0 Å². The van der Waals surface area contributed by atoms with Gasteiger partial charge < -0.3 is 9.47 Å². The summed E-state index contributed by atoms with van der Waals surface area (Å²) in [7, 11) is 0. The second kappa shape index (κ2) is 10.8. The van der Waals surface area contributed by atoms with Crippen LogP contribution in [-0.4, -0.2) is 18.7 Å². The van der Waals surface area contributed by atoms with Crippen LogP contribution in [0.3, 0.4) is 0 Å². The number of benzene rings is 3. The quantitative estimate of drug-likeness (QED) is 0.418. The first-order valence-corrected chi connectivity index (χ1v) is 9.95. The summed E-state index contributed by atoms with van der Waals surface area (Å²) in [5.41, 5.74) is 6.57. The minimum absolute atomic E-state index is 0.164. The van der Waals surface area contributed by atoms with E-state index in [1.165, 1.54) is 5.56 Å². The molecule has 3 aromatic carbocycles. The van der Waals surface area contributed by atoms with Crippen LogP contribution < -0.4 is 14.9 Å². The van der Waals surface area contributed by atoms with Gasteiger partial charge in [0.05, 0.1) is 19.2 Å². The third kappa shape index (κ3) is 6.48. The molecule has 0 aromatic heterocycles. The maximum Gasteiger partial charge on any atom is 0.244 e. The molecule has 1 amide bonds. The second-order valence-electron chi connectivity index (χ2n) is 6.87. The predicted molar refractivity (Wildman–Crippen MR) is 119 cm³/mol. The number of hydrazone groups is 1. The fourth-order valence-corrected chi connectivity index (χ4v) is 2.84. The summed E-state index contributed by atoms with van der Waals surface area (Å²) in [5, 5.41) is 4.06. The molecule has 0 aliphatic rings. The molecule has 0 atom stereocenters. The lowest BCUT2D eigenvalue weighted by Gasteiger charge is -2.12. The van der Waals surface area contributed by atoms with Gasteiger partial charge in [-0.1, -0.05) is 60.2 Å². The van der Waals surface area contributed by atoms with Crippen LogP contribution >= 0.6 is 0 Å². The fourth-order valence-electron chi connectivity index (χ4n) is 2.84. The van der Waals surface area contributed by atoms with Crippen molar-refractivity contribution in [2.75, 3.05) is 6.61 Å². The topological polar surface area (TPSA) is 59.9 Å². The number of nitrogens with zero attached hydrogens (tertiary/aromatic N) is 1. The average molecular weight is 402 g/mol. The van der Waals surface area contributed by atoms with Crippen molar-refractivity contribution >= 4 is 12.1 Å². The van der Waals surface area contributed by atoms with E-state index in [0.717, 1.165) is 16.7 Å². The van der Waals surface area contributed by atoms with Crippen LogP contribution in [0.15, 0.2) is 77.9 Å². The number of carbonyl (C=O) groups excluding carboxylic acids is 1. The molecule has 0 saturated heterocycles. The predicted octanol–water partition coefficient (Wildman–Crippen LogP) is 4.67. The van der Waals surface area contributed by atoms with Crippen molar-refractivity contribution in [2.45, 2.75) is 26.9 Å². The Morgan fingerprint density at radius 2 is 1.70 bits per heavy atom. The van der Waals surface area contributed by atoms with E-state index in [9.17, 15) is 4.79 Å². The molecule has 0 fully saturated rings. The van der Waals surface area contributed by atoms with Crippen molar-refractivity contribution in [3.63, 3.8) is 0 Å². The molecule has 3 aromatic rings. The van der Waals surface area contributed by atoms with Crippen LogP contribution in [0.4, 0.5) is 0 Å². The number of aryl methyl sites for hydroxylation is 1. The zero-order valence-corrected chi connectivity index (χ0v) is 17.3. The van der Waals surface area contributed by atoms with Crippen molar-refractivity contribution in [3.8, 4) is 11.5 Å². The first-order chi connectivity index (χ1) is 14.6. The minimum atomic E-state index is -0.164. The molecule has 0 saturated carbocycles. The van der Waals surface area contributed by atoms with Gasteiger partial charge in [0.25, 0.3) is 0 Å². The smallest absolute Gasteiger partial charge is 0.244 e. The number of hydrogen-bond donors (Lipinski definition) is 1. The van der Waals surface area contributed by atoms with Gasteiger partial charge in [-0.2, -0.15) is 5.10 Å². The molecule has 1 N–H and O–H groups in total. The van der Waals surface area contributed by atoms with Gasteiger partial charge in [-0.05, 0) is 48.7 Å². The Bertz CT molecular complexity index is 983. The number of ether oxygens (including phenoxy) is 2. The molecule has 0 aliphatic carbocycles. The third-order valence-corrected chi connectivity index (χ3v) is 4.39. The third-order valence-electron chi connectivity index (χ3n) is 4.39. The Morgan fingerprint density at radius 3 is 2.43 bits per heavy atom. The van der Waals surface area contributed by atoms with Crippen LogP contribution in [0, 0.1) is 6.92 Å². The molecule has 3 rings (SSSR count). The molecule has 0 unspecified atom stereocenters. The molecule has 5 nitrogen and oxygen atoms in total. The first-order valence-electron chi connectivity index (χ1n) is 9.95. The second-order valence-corrected chi connectivity index (χ2v) is 6.87. The minimum Gasteiger partial charge on any atom is -0.490 e. The van der Waals surface area contributed by atoms with Gasteiger partial charge in [-0.15, -0.1) is 0 Å². The van der Waals surface area contributed by atoms with Gasteiger partial charge in [0, 0.05) is 0 Å². The Hall–Kier alpha value is -3.60. The Balaban J connectivity index is 1.59. The van der Waals surface area contributed by atoms with Gasteiger partial charge in [0.15, 0.2) is 11.5 Å². The lowest BCUT2D eigenvalue weighted by atomic mass is 10.1. The van der Waals surface area contributed by atoms with Gasteiger partial charge in [0.2, 0.25) is 5.91 Å². The van der Waals surface area contributed by atoms with Gasteiger partial charge in [-0.25, -0.2) is 5.43 Å². The fraction of sp³-hybridized carbons (Fsp3) is 0.200. The van der Waals surface area contributed by atoms with Crippen molar-refractivity contribution in [1.82, 2.24) is 5.43 Å². The van der Waals surface area contributed by atoms with E-state index in [4.69, 9.17) is 9.47 Å². The van der Waals surface area contributed by atoms with Crippen LogP contribution in [0.2, 0.25) is 0 Å².